The van der Waals surface area contributed by atoms with Crippen molar-refractivity contribution in [2.45, 2.75) is 30.7 Å². The molecule has 212 valence electrons. The molecule has 40 heavy (non-hydrogen) atoms. The highest BCUT2D eigenvalue weighted by Crippen LogP contribution is 2.24. The van der Waals surface area contributed by atoms with E-state index in [0.717, 1.165) is 12.1 Å². The average molecular weight is 569 g/mol. The molecule has 0 aromatic heterocycles. The lowest BCUT2D eigenvalue weighted by molar-refractivity contribution is -0.137. The minimum Gasteiger partial charge on any atom is -0.481 e. The van der Waals surface area contributed by atoms with E-state index in [2.05, 4.69) is 31.3 Å². The molecule has 0 spiro atoms. The van der Waals surface area contributed by atoms with Gasteiger partial charge in [-0.25, -0.2) is 18.0 Å². The van der Waals surface area contributed by atoms with Gasteiger partial charge < -0.3 is 31.7 Å². The standard InChI is InChI=1S/C27H32N6O6S/c1-3-14-29-26(36)31-21-7-5-9-23(16-21)40(38,39)33-22-8-4-6-18(15-22)24(17-25(34)35)32-27(37)30-20-12-10-19(28-2)11-13-20/h4-13,15-16,24,28,33H,3,14,17H2,1-2H3,(H,34,35)(H2,29,31,36)(H2,30,32,37). The number of hydrogen-bond acceptors (Lipinski definition) is 6. The zero-order valence-electron chi connectivity index (χ0n) is 22.0. The average Bonchev–Trinajstić information content (AvgIpc) is 2.92. The Morgan fingerprint density at radius 3 is 2.15 bits per heavy atom. The molecule has 3 aromatic rings. The summed E-state index contributed by atoms with van der Waals surface area (Å²) in [5, 5.41) is 22.9. The van der Waals surface area contributed by atoms with Crippen LogP contribution in [0.5, 0.6) is 0 Å². The second-order valence-electron chi connectivity index (χ2n) is 8.72. The number of hydrogen-bond donors (Lipinski definition) is 7. The molecule has 0 saturated carbocycles. The van der Waals surface area contributed by atoms with Gasteiger partial charge in [0.2, 0.25) is 0 Å². The third-order valence-corrected chi connectivity index (χ3v) is 6.97. The van der Waals surface area contributed by atoms with Gasteiger partial charge in [-0.1, -0.05) is 25.1 Å². The first kappa shape index (κ1) is 29.8. The largest absolute Gasteiger partial charge is 0.481 e. The van der Waals surface area contributed by atoms with Crippen LogP contribution < -0.4 is 31.3 Å². The molecule has 0 bridgehead atoms. The Balaban J connectivity index is 1.74. The summed E-state index contributed by atoms with van der Waals surface area (Å²) in [5.74, 6) is -1.15. The number of carboxylic acid groups (broad SMARTS) is 1. The van der Waals surface area contributed by atoms with E-state index in [1.54, 1.807) is 49.5 Å². The van der Waals surface area contributed by atoms with Gasteiger partial charge in [-0.15, -0.1) is 0 Å². The maximum absolute atomic E-state index is 13.1. The molecule has 3 rings (SSSR count). The fraction of sp³-hybridized carbons (Fsp3) is 0.222. The van der Waals surface area contributed by atoms with Crippen molar-refractivity contribution in [1.82, 2.24) is 10.6 Å². The topological polar surface area (TPSA) is 178 Å². The maximum Gasteiger partial charge on any atom is 0.319 e. The molecule has 12 nitrogen and oxygen atoms in total. The van der Waals surface area contributed by atoms with E-state index < -0.39 is 40.5 Å². The van der Waals surface area contributed by atoms with Crippen LogP contribution in [0.4, 0.5) is 32.3 Å². The number of rotatable bonds is 12. The molecule has 3 aromatic carbocycles. The number of benzene rings is 3. The Hall–Kier alpha value is -4.78. The number of urea groups is 2. The summed E-state index contributed by atoms with van der Waals surface area (Å²) < 4.78 is 28.6. The van der Waals surface area contributed by atoms with Crippen LogP contribution in [-0.2, 0) is 14.8 Å². The summed E-state index contributed by atoms with van der Waals surface area (Å²) >= 11 is 0. The minimum absolute atomic E-state index is 0.0879. The molecule has 0 aliphatic heterocycles. The molecule has 13 heteroatoms. The smallest absolute Gasteiger partial charge is 0.319 e. The molecule has 0 fully saturated rings. The van der Waals surface area contributed by atoms with Gasteiger partial charge in [0.25, 0.3) is 10.0 Å². The van der Waals surface area contributed by atoms with Gasteiger partial charge in [-0.3, -0.25) is 9.52 Å². The predicted molar refractivity (Wildman–Crippen MR) is 154 cm³/mol. The lowest BCUT2D eigenvalue weighted by Crippen LogP contribution is -2.33. The number of carboxylic acids is 1. The SMILES string of the molecule is CCCNC(=O)Nc1cccc(S(=O)(=O)Nc2cccc(C(CC(=O)O)NC(=O)Nc3ccc(NC)cc3)c2)c1. The molecule has 7 N–H and O–H groups in total. The Kier molecular flexibility index (Phi) is 10.3. The van der Waals surface area contributed by atoms with Gasteiger partial charge in [-0.2, -0.15) is 0 Å². The molecule has 4 amide bonds. The number of carbonyl (C=O) groups is 3. The zero-order valence-corrected chi connectivity index (χ0v) is 22.8. The Morgan fingerprint density at radius 2 is 1.48 bits per heavy atom. The van der Waals surface area contributed by atoms with Crippen molar-refractivity contribution in [3.05, 3.63) is 78.4 Å². The van der Waals surface area contributed by atoms with E-state index in [1.165, 1.54) is 30.3 Å². The van der Waals surface area contributed by atoms with Crippen molar-refractivity contribution in [1.29, 1.82) is 0 Å². The number of sulfonamides is 1. The third kappa shape index (κ3) is 8.91. The molecule has 1 atom stereocenters. The van der Waals surface area contributed by atoms with E-state index in [4.69, 9.17) is 0 Å². The summed E-state index contributed by atoms with van der Waals surface area (Å²) in [5.41, 5.74) is 2.20. The van der Waals surface area contributed by atoms with Crippen LogP contribution in [0.1, 0.15) is 31.4 Å². The number of carbonyl (C=O) groups excluding carboxylic acids is 2. The van der Waals surface area contributed by atoms with Crippen LogP contribution in [0.2, 0.25) is 0 Å². The normalized spacial score (nSPS) is 11.6. The highest BCUT2D eigenvalue weighted by Gasteiger charge is 2.20. The Labute approximate surface area is 232 Å². The monoisotopic (exact) mass is 568 g/mol. The molecular formula is C27H32N6O6S. The molecule has 1 unspecified atom stereocenters. The number of amides is 4. The highest BCUT2D eigenvalue weighted by atomic mass is 32.2. The number of aliphatic carboxylic acids is 1. The van der Waals surface area contributed by atoms with Crippen LogP contribution in [0.3, 0.4) is 0 Å². The van der Waals surface area contributed by atoms with Gasteiger partial charge in [0.1, 0.15) is 0 Å². The first-order chi connectivity index (χ1) is 19.1. The quantitative estimate of drug-likeness (QED) is 0.169. The first-order valence-electron chi connectivity index (χ1n) is 12.4. The molecule has 0 saturated heterocycles. The van der Waals surface area contributed by atoms with Crippen LogP contribution in [-0.4, -0.2) is 45.1 Å². The van der Waals surface area contributed by atoms with Crippen LogP contribution in [0, 0.1) is 0 Å². The van der Waals surface area contributed by atoms with E-state index in [-0.39, 0.29) is 10.6 Å². The fourth-order valence-electron chi connectivity index (χ4n) is 3.66. The number of anilines is 4. The highest BCUT2D eigenvalue weighted by molar-refractivity contribution is 7.92. The summed E-state index contributed by atoms with van der Waals surface area (Å²) in [6.07, 6.45) is 0.319. The molecule has 0 aliphatic rings. The van der Waals surface area contributed by atoms with Gasteiger partial charge in [0.15, 0.2) is 0 Å². The van der Waals surface area contributed by atoms with Crippen molar-refractivity contribution in [3.63, 3.8) is 0 Å². The van der Waals surface area contributed by atoms with Gasteiger partial charge in [0.05, 0.1) is 17.4 Å². The van der Waals surface area contributed by atoms with Crippen molar-refractivity contribution < 1.29 is 27.9 Å². The Bertz CT molecular complexity index is 1450. The summed E-state index contributed by atoms with van der Waals surface area (Å²) in [6, 6.07) is 16.7. The molecular weight excluding hydrogens is 536 g/mol. The second kappa shape index (κ2) is 13.8. The second-order valence-corrected chi connectivity index (χ2v) is 10.4. The zero-order chi connectivity index (χ0) is 29.1. The number of nitrogens with one attached hydrogen (secondary N) is 6. The lowest BCUT2D eigenvalue weighted by Gasteiger charge is -2.19. The van der Waals surface area contributed by atoms with Crippen molar-refractivity contribution in [2.75, 3.05) is 34.3 Å². The lowest BCUT2D eigenvalue weighted by atomic mass is 10.0. The minimum atomic E-state index is -4.07. The predicted octanol–water partition coefficient (Wildman–Crippen LogP) is 4.40. The van der Waals surface area contributed by atoms with Gasteiger partial charge >= 0.3 is 18.0 Å². The van der Waals surface area contributed by atoms with E-state index >= 15 is 0 Å². The molecule has 0 aliphatic carbocycles. The summed E-state index contributed by atoms with van der Waals surface area (Å²) in [6.45, 7) is 2.39. The van der Waals surface area contributed by atoms with Crippen LogP contribution >= 0.6 is 0 Å². The molecule has 0 heterocycles. The van der Waals surface area contributed by atoms with Crippen LogP contribution in [0.25, 0.3) is 0 Å². The summed E-state index contributed by atoms with van der Waals surface area (Å²) in [7, 11) is -2.30. The van der Waals surface area contributed by atoms with Gasteiger partial charge in [-0.05, 0) is 66.6 Å². The van der Waals surface area contributed by atoms with E-state index in [1.807, 2.05) is 6.92 Å². The van der Waals surface area contributed by atoms with Crippen molar-refractivity contribution >= 4 is 50.8 Å². The summed E-state index contributed by atoms with van der Waals surface area (Å²) in [4.78, 5) is 36.0. The fourth-order valence-corrected chi connectivity index (χ4v) is 4.76. The van der Waals surface area contributed by atoms with E-state index in [9.17, 15) is 27.9 Å². The van der Waals surface area contributed by atoms with Crippen LogP contribution in [0.15, 0.2) is 77.7 Å². The van der Waals surface area contributed by atoms with Gasteiger partial charge in [0, 0.05) is 36.3 Å². The van der Waals surface area contributed by atoms with Crippen molar-refractivity contribution in [2.24, 2.45) is 0 Å². The first-order valence-corrected chi connectivity index (χ1v) is 13.9. The third-order valence-electron chi connectivity index (χ3n) is 5.59. The van der Waals surface area contributed by atoms with Crippen molar-refractivity contribution in [3.8, 4) is 0 Å². The van der Waals surface area contributed by atoms with E-state index in [0.29, 0.717) is 23.5 Å². The Morgan fingerprint density at radius 1 is 0.825 bits per heavy atom. The molecule has 0 radical (unpaired) electrons. The maximum atomic E-state index is 13.1.